The molecule has 0 radical (unpaired) electrons. The van der Waals surface area contributed by atoms with Gasteiger partial charge in [0.1, 0.15) is 0 Å². The SMILES string of the molecule is CCCCCCCCCOCC(C)OCC(C)OCC(C)OP(=O)(O)O. The summed E-state index contributed by atoms with van der Waals surface area (Å²) in [6.45, 7) is 9.39. The van der Waals surface area contributed by atoms with Crippen molar-refractivity contribution in [3.05, 3.63) is 0 Å². The lowest BCUT2D eigenvalue weighted by molar-refractivity contribution is -0.0695. The Labute approximate surface area is 159 Å². The maximum Gasteiger partial charge on any atom is 0.469 e. The summed E-state index contributed by atoms with van der Waals surface area (Å²) in [6, 6.07) is 0. The molecule has 7 nitrogen and oxygen atoms in total. The highest BCUT2D eigenvalue weighted by Crippen LogP contribution is 2.37. The Kier molecular flexibility index (Phi) is 16.0. The minimum absolute atomic E-state index is 0.0191. The molecule has 8 heteroatoms. The van der Waals surface area contributed by atoms with Crippen LogP contribution in [0.2, 0.25) is 0 Å². The third kappa shape index (κ3) is 18.8. The molecule has 0 aromatic carbocycles. The maximum absolute atomic E-state index is 10.7. The molecule has 0 rings (SSSR count). The molecule has 0 heterocycles. The van der Waals surface area contributed by atoms with Gasteiger partial charge in [-0.15, -0.1) is 0 Å². The zero-order valence-corrected chi connectivity index (χ0v) is 17.8. The molecule has 26 heavy (non-hydrogen) atoms. The van der Waals surface area contributed by atoms with E-state index in [9.17, 15) is 4.57 Å². The lowest BCUT2D eigenvalue weighted by Crippen LogP contribution is -2.26. The van der Waals surface area contributed by atoms with Crippen LogP contribution in [-0.4, -0.2) is 54.5 Å². The van der Waals surface area contributed by atoms with Gasteiger partial charge in [0.15, 0.2) is 0 Å². The topological polar surface area (TPSA) is 94.5 Å². The molecule has 0 aromatic heterocycles. The highest BCUT2D eigenvalue weighted by atomic mass is 31.2. The highest BCUT2D eigenvalue weighted by molar-refractivity contribution is 7.46. The van der Waals surface area contributed by atoms with Crippen LogP contribution in [0.1, 0.15) is 72.6 Å². The lowest BCUT2D eigenvalue weighted by Gasteiger charge is -2.20. The first-order valence-electron chi connectivity index (χ1n) is 9.79. The van der Waals surface area contributed by atoms with Crippen LogP contribution in [0.25, 0.3) is 0 Å². The van der Waals surface area contributed by atoms with Gasteiger partial charge >= 0.3 is 7.82 Å². The van der Waals surface area contributed by atoms with Crippen molar-refractivity contribution in [2.45, 2.75) is 91.0 Å². The summed E-state index contributed by atoms with van der Waals surface area (Å²) < 4.78 is 32.0. The van der Waals surface area contributed by atoms with E-state index in [0.29, 0.717) is 13.2 Å². The van der Waals surface area contributed by atoms with Gasteiger partial charge in [-0.1, -0.05) is 45.4 Å². The van der Waals surface area contributed by atoms with Crippen molar-refractivity contribution in [3.63, 3.8) is 0 Å². The van der Waals surface area contributed by atoms with E-state index in [-0.39, 0.29) is 18.8 Å². The Bertz CT molecular complexity index is 361. The molecule has 2 N–H and O–H groups in total. The van der Waals surface area contributed by atoms with Crippen LogP contribution >= 0.6 is 7.82 Å². The fraction of sp³-hybridized carbons (Fsp3) is 1.00. The van der Waals surface area contributed by atoms with Crippen LogP contribution in [0.5, 0.6) is 0 Å². The minimum Gasteiger partial charge on any atom is -0.379 e. The predicted molar refractivity (Wildman–Crippen MR) is 102 cm³/mol. The Balaban J connectivity index is 3.52. The molecule has 0 aliphatic carbocycles. The van der Waals surface area contributed by atoms with E-state index in [4.69, 9.17) is 24.0 Å². The number of rotatable bonds is 18. The van der Waals surface area contributed by atoms with Crippen LogP contribution in [0, 0.1) is 0 Å². The molecule has 0 amide bonds. The van der Waals surface area contributed by atoms with Gasteiger partial charge in [-0.05, 0) is 27.2 Å². The van der Waals surface area contributed by atoms with Gasteiger partial charge in [0, 0.05) is 6.61 Å². The molecule has 3 unspecified atom stereocenters. The van der Waals surface area contributed by atoms with Crippen molar-refractivity contribution in [2.24, 2.45) is 0 Å². The fourth-order valence-electron chi connectivity index (χ4n) is 2.37. The molecule has 0 fully saturated rings. The molecule has 158 valence electrons. The van der Waals surface area contributed by atoms with E-state index < -0.39 is 13.9 Å². The van der Waals surface area contributed by atoms with Gasteiger partial charge in [0.05, 0.1) is 38.1 Å². The third-order valence-electron chi connectivity index (χ3n) is 3.79. The van der Waals surface area contributed by atoms with Gasteiger partial charge in [0.2, 0.25) is 0 Å². The molecule has 0 saturated heterocycles. The first kappa shape index (κ1) is 26.0. The second-order valence-electron chi connectivity index (χ2n) is 6.89. The smallest absolute Gasteiger partial charge is 0.379 e. The number of phosphoric ester groups is 1. The molecule has 3 atom stereocenters. The highest BCUT2D eigenvalue weighted by Gasteiger charge is 2.19. The summed E-state index contributed by atoms with van der Waals surface area (Å²) in [5.74, 6) is 0. The molecular weight excluding hydrogens is 359 g/mol. The summed E-state index contributed by atoms with van der Waals surface area (Å²) in [4.78, 5) is 17.4. The first-order chi connectivity index (χ1) is 12.2. The average Bonchev–Trinajstić information content (AvgIpc) is 2.55. The second kappa shape index (κ2) is 16.0. The van der Waals surface area contributed by atoms with Gasteiger partial charge in [-0.25, -0.2) is 4.57 Å². The summed E-state index contributed by atoms with van der Waals surface area (Å²) in [6.07, 6.45) is 7.99. The second-order valence-corrected chi connectivity index (χ2v) is 8.08. The summed E-state index contributed by atoms with van der Waals surface area (Å²) in [5.41, 5.74) is 0. The van der Waals surface area contributed by atoms with Crippen molar-refractivity contribution < 1.29 is 33.1 Å². The number of phosphoric acid groups is 1. The fourth-order valence-corrected chi connectivity index (χ4v) is 2.90. The summed E-state index contributed by atoms with van der Waals surface area (Å²) >= 11 is 0. The van der Waals surface area contributed by atoms with E-state index >= 15 is 0 Å². The van der Waals surface area contributed by atoms with E-state index in [1.807, 2.05) is 13.8 Å². The standard InChI is InChI=1S/C18H39O7P/c1-5-6-7-8-9-10-11-12-22-13-16(2)23-14-17(3)24-15-18(4)25-26(19,20)21/h16-18H,5-15H2,1-4H3,(H2,19,20,21). The zero-order chi connectivity index (χ0) is 19.8. The van der Waals surface area contributed by atoms with Gasteiger partial charge in [-0.2, -0.15) is 0 Å². The Morgan fingerprint density at radius 3 is 1.85 bits per heavy atom. The predicted octanol–water partition coefficient (Wildman–Crippen LogP) is 4.06. The Hall–Kier alpha value is -0.0100. The first-order valence-corrected chi connectivity index (χ1v) is 11.3. The van der Waals surface area contributed by atoms with E-state index in [1.54, 1.807) is 6.92 Å². The molecule has 0 spiro atoms. The third-order valence-corrected chi connectivity index (χ3v) is 4.43. The van der Waals surface area contributed by atoms with E-state index in [0.717, 1.165) is 13.0 Å². The van der Waals surface area contributed by atoms with Crippen LogP contribution < -0.4 is 0 Å². The van der Waals surface area contributed by atoms with Crippen LogP contribution in [0.3, 0.4) is 0 Å². The lowest BCUT2D eigenvalue weighted by atomic mass is 10.1. The molecule has 0 aromatic rings. The molecule has 0 aliphatic heterocycles. The molecule has 0 bridgehead atoms. The van der Waals surface area contributed by atoms with Crippen LogP contribution in [0.15, 0.2) is 0 Å². The molecular formula is C18H39O7P. The quantitative estimate of drug-likeness (QED) is 0.265. The van der Waals surface area contributed by atoms with Crippen molar-refractivity contribution in [1.29, 1.82) is 0 Å². The maximum atomic E-state index is 10.7. The number of ether oxygens (including phenoxy) is 3. The normalized spacial score (nSPS) is 15.8. The van der Waals surface area contributed by atoms with Crippen molar-refractivity contribution >= 4 is 7.82 Å². The van der Waals surface area contributed by atoms with Crippen LogP contribution in [-0.2, 0) is 23.3 Å². The molecule has 0 saturated carbocycles. The summed E-state index contributed by atoms with van der Waals surface area (Å²) in [7, 11) is -4.47. The van der Waals surface area contributed by atoms with Crippen molar-refractivity contribution in [1.82, 2.24) is 0 Å². The number of hydrogen-bond acceptors (Lipinski definition) is 5. The number of hydrogen-bond donors (Lipinski definition) is 2. The largest absolute Gasteiger partial charge is 0.469 e. The molecule has 0 aliphatic rings. The van der Waals surface area contributed by atoms with Gasteiger partial charge in [0.25, 0.3) is 0 Å². The van der Waals surface area contributed by atoms with Crippen molar-refractivity contribution in [2.75, 3.05) is 26.4 Å². The van der Waals surface area contributed by atoms with Crippen LogP contribution in [0.4, 0.5) is 0 Å². The Morgan fingerprint density at radius 1 is 0.769 bits per heavy atom. The van der Waals surface area contributed by atoms with Crippen molar-refractivity contribution in [3.8, 4) is 0 Å². The van der Waals surface area contributed by atoms with Gasteiger partial charge < -0.3 is 24.0 Å². The minimum atomic E-state index is -4.47. The van der Waals surface area contributed by atoms with E-state index in [1.165, 1.54) is 38.5 Å². The van der Waals surface area contributed by atoms with Gasteiger partial charge in [-0.3, -0.25) is 4.52 Å². The van der Waals surface area contributed by atoms with E-state index in [2.05, 4.69) is 11.4 Å². The zero-order valence-electron chi connectivity index (χ0n) is 16.9. The number of unbranched alkanes of at least 4 members (excludes halogenated alkanes) is 6. The Morgan fingerprint density at radius 2 is 1.27 bits per heavy atom. The summed E-state index contributed by atoms with van der Waals surface area (Å²) in [5, 5.41) is 0. The monoisotopic (exact) mass is 398 g/mol. The average molecular weight is 398 g/mol.